The summed E-state index contributed by atoms with van der Waals surface area (Å²) in [5.74, 6) is -0.619. The number of non-ortho nitro benzene ring substituents is 1. The molecule has 1 N–H and O–H groups in total. The molecule has 0 spiro atoms. The second kappa shape index (κ2) is 4.69. The van der Waals surface area contributed by atoms with Crippen LogP contribution in [0.1, 0.15) is 20.8 Å². The van der Waals surface area contributed by atoms with E-state index in [9.17, 15) is 14.5 Å². The third-order valence-electron chi connectivity index (χ3n) is 1.57. The zero-order valence-corrected chi connectivity index (χ0v) is 10.1. The molecule has 0 atom stereocenters. The number of nitro benzene ring substituents is 1. The Kier molecular flexibility index (Phi) is 3.74. The lowest BCUT2D eigenvalue weighted by molar-refractivity contribution is -0.385. The Bertz CT molecular complexity index is 404. The smallest absolute Gasteiger partial charge is 0.274 e. The minimum atomic E-state index is -0.619. The summed E-state index contributed by atoms with van der Waals surface area (Å²) >= 11 is 1.38. The summed E-state index contributed by atoms with van der Waals surface area (Å²) in [5, 5.41) is 10.5. The maximum atomic E-state index is 13.1. The molecule has 0 aliphatic carbocycles. The van der Waals surface area contributed by atoms with Gasteiger partial charge in [-0.15, -0.1) is 0 Å². The average Bonchev–Trinajstić information content (AvgIpc) is 2.13. The molecule has 0 bridgehead atoms. The van der Waals surface area contributed by atoms with Gasteiger partial charge in [0, 0.05) is 10.8 Å². The van der Waals surface area contributed by atoms with Crippen LogP contribution in [0.4, 0.5) is 15.8 Å². The zero-order chi connectivity index (χ0) is 12.3. The van der Waals surface area contributed by atoms with E-state index in [4.69, 9.17) is 0 Å². The summed E-state index contributed by atoms with van der Waals surface area (Å²) in [6.07, 6.45) is 0. The first-order valence-corrected chi connectivity index (χ1v) is 5.48. The first-order valence-electron chi connectivity index (χ1n) is 4.67. The molecule has 0 radical (unpaired) electrons. The Balaban J connectivity index is 2.85. The highest BCUT2D eigenvalue weighted by molar-refractivity contribution is 8.01. The van der Waals surface area contributed by atoms with Gasteiger partial charge in [-0.05, 0) is 38.8 Å². The molecular weight excluding hydrogens is 231 g/mol. The molecule has 16 heavy (non-hydrogen) atoms. The summed E-state index contributed by atoms with van der Waals surface area (Å²) in [6, 6.07) is 3.43. The van der Waals surface area contributed by atoms with E-state index < -0.39 is 10.7 Å². The fourth-order valence-corrected chi connectivity index (χ4v) is 1.49. The van der Waals surface area contributed by atoms with Crippen molar-refractivity contribution < 1.29 is 9.31 Å². The molecule has 0 saturated carbocycles. The van der Waals surface area contributed by atoms with Crippen LogP contribution in [0, 0.1) is 15.9 Å². The van der Waals surface area contributed by atoms with Gasteiger partial charge in [0.05, 0.1) is 16.7 Å². The number of nitrogens with zero attached hydrogens (tertiary/aromatic N) is 1. The molecule has 0 unspecified atom stereocenters. The Hall–Kier alpha value is -1.30. The predicted molar refractivity (Wildman–Crippen MR) is 64.0 cm³/mol. The van der Waals surface area contributed by atoms with Crippen molar-refractivity contribution in [3.05, 3.63) is 34.1 Å². The third-order valence-corrected chi connectivity index (χ3v) is 2.52. The molecule has 6 heteroatoms. The van der Waals surface area contributed by atoms with Crippen molar-refractivity contribution in [2.24, 2.45) is 0 Å². The molecule has 4 nitrogen and oxygen atoms in total. The molecule has 1 aromatic carbocycles. The van der Waals surface area contributed by atoms with Crippen LogP contribution in [-0.4, -0.2) is 9.67 Å². The summed E-state index contributed by atoms with van der Waals surface area (Å²) < 4.78 is 15.9. The van der Waals surface area contributed by atoms with Crippen molar-refractivity contribution in [1.82, 2.24) is 0 Å². The largest absolute Gasteiger partial charge is 0.329 e. The van der Waals surface area contributed by atoms with Crippen molar-refractivity contribution in [1.29, 1.82) is 0 Å². The van der Waals surface area contributed by atoms with Gasteiger partial charge in [-0.25, -0.2) is 4.39 Å². The van der Waals surface area contributed by atoms with Gasteiger partial charge in [0.2, 0.25) is 0 Å². The van der Waals surface area contributed by atoms with Crippen LogP contribution in [0.25, 0.3) is 0 Å². The Morgan fingerprint density at radius 3 is 2.50 bits per heavy atom. The van der Waals surface area contributed by atoms with Crippen molar-refractivity contribution in [3.63, 3.8) is 0 Å². The van der Waals surface area contributed by atoms with Crippen LogP contribution >= 0.6 is 11.9 Å². The minimum absolute atomic E-state index is 0.0545. The van der Waals surface area contributed by atoms with Crippen molar-refractivity contribution in [3.8, 4) is 0 Å². The molecule has 0 saturated heterocycles. The predicted octanol–water partition coefficient (Wildman–Crippen LogP) is 3.59. The number of hydrogen-bond acceptors (Lipinski definition) is 4. The van der Waals surface area contributed by atoms with Gasteiger partial charge in [-0.2, -0.15) is 0 Å². The van der Waals surface area contributed by atoms with Crippen LogP contribution in [0.15, 0.2) is 18.2 Å². The lowest BCUT2D eigenvalue weighted by atomic mass is 10.3. The molecule has 1 aromatic rings. The van der Waals surface area contributed by atoms with E-state index in [0.717, 1.165) is 6.07 Å². The van der Waals surface area contributed by atoms with E-state index in [1.165, 1.54) is 24.1 Å². The molecule has 88 valence electrons. The molecule has 0 amide bonds. The highest BCUT2D eigenvalue weighted by Gasteiger charge is 2.13. The quantitative estimate of drug-likeness (QED) is 0.501. The van der Waals surface area contributed by atoms with E-state index in [2.05, 4.69) is 4.72 Å². The number of hydrogen-bond donors (Lipinski definition) is 1. The number of nitro groups is 1. The molecule has 0 fully saturated rings. The molecule has 1 rings (SSSR count). The Morgan fingerprint density at radius 1 is 1.38 bits per heavy atom. The van der Waals surface area contributed by atoms with Gasteiger partial charge in [-0.3, -0.25) is 10.1 Å². The van der Waals surface area contributed by atoms with Crippen LogP contribution in [0.3, 0.4) is 0 Å². The average molecular weight is 244 g/mol. The number of halogens is 1. The Morgan fingerprint density at radius 2 is 2.00 bits per heavy atom. The van der Waals surface area contributed by atoms with Crippen LogP contribution in [0.5, 0.6) is 0 Å². The first kappa shape index (κ1) is 12.8. The van der Waals surface area contributed by atoms with E-state index >= 15 is 0 Å². The SMILES string of the molecule is CC(C)(C)SNc1cc(F)cc([N+](=O)[O-])c1. The molecule has 0 aromatic heterocycles. The second-order valence-electron chi connectivity index (χ2n) is 4.27. The van der Waals surface area contributed by atoms with E-state index in [1.54, 1.807) is 0 Å². The summed E-state index contributed by atoms with van der Waals surface area (Å²) in [6.45, 7) is 5.95. The van der Waals surface area contributed by atoms with Crippen LogP contribution < -0.4 is 4.72 Å². The monoisotopic (exact) mass is 244 g/mol. The van der Waals surface area contributed by atoms with Gasteiger partial charge in [0.15, 0.2) is 0 Å². The van der Waals surface area contributed by atoms with Gasteiger partial charge in [-0.1, -0.05) is 0 Å². The number of anilines is 1. The highest BCUT2D eigenvalue weighted by Crippen LogP contribution is 2.27. The third kappa shape index (κ3) is 4.06. The van der Waals surface area contributed by atoms with Gasteiger partial charge in [0.25, 0.3) is 5.69 Å². The zero-order valence-electron chi connectivity index (χ0n) is 9.28. The fourth-order valence-electron chi connectivity index (χ4n) is 0.951. The normalized spacial score (nSPS) is 11.2. The molecule has 0 heterocycles. The summed E-state index contributed by atoms with van der Waals surface area (Å²) in [7, 11) is 0. The van der Waals surface area contributed by atoms with Gasteiger partial charge in [0.1, 0.15) is 5.82 Å². The number of nitrogens with one attached hydrogen (secondary N) is 1. The fraction of sp³-hybridized carbons (Fsp3) is 0.400. The molecular formula is C10H13FN2O2S. The van der Waals surface area contributed by atoms with Crippen molar-refractivity contribution >= 4 is 23.3 Å². The first-order chi connectivity index (χ1) is 7.28. The number of rotatable bonds is 3. The standard InChI is InChI=1S/C10H13FN2O2S/c1-10(2,3)16-12-8-4-7(11)5-9(6-8)13(14)15/h4-6,12H,1-3H3. The maximum Gasteiger partial charge on any atom is 0.274 e. The summed E-state index contributed by atoms with van der Waals surface area (Å²) in [5.41, 5.74) is 0.142. The maximum absolute atomic E-state index is 13.1. The minimum Gasteiger partial charge on any atom is -0.329 e. The van der Waals surface area contributed by atoms with Crippen LogP contribution in [0.2, 0.25) is 0 Å². The Labute approximate surface area is 97.5 Å². The van der Waals surface area contributed by atoms with E-state index in [0.29, 0.717) is 5.69 Å². The molecule has 0 aliphatic rings. The van der Waals surface area contributed by atoms with Gasteiger partial charge < -0.3 is 4.72 Å². The lowest BCUT2D eigenvalue weighted by Crippen LogP contribution is -2.10. The lowest BCUT2D eigenvalue weighted by Gasteiger charge is -2.18. The van der Waals surface area contributed by atoms with E-state index in [1.807, 2.05) is 20.8 Å². The van der Waals surface area contributed by atoms with E-state index in [-0.39, 0.29) is 10.4 Å². The molecule has 0 aliphatic heterocycles. The van der Waals surface area contributed by atoms with Gasteiger partial charge >= 0.3 is 0 Å². The summed E-state index contributed by atoms with van der Waals surface area (Å²) in [4.78, 5) is 9.90. The van der Waals surface area contributed by atoms with Crippen molar-refractivity contribution in [2.75, 3.05) is 4.72 Å². The van der Waals surface area contributed by atoms with Crippen molar-refractivity contribution in [2.45, 2.75) is 25.5 Å². The number of benzene rings is 1. The highest BCUT2D eigenvalue weighted by atomic mass is 32.2. The second-order valence-corrected chi connectivity index (χ2v) is 5.90. The van der Waals surface area contributed by atoms with Crippen LogP contribution in [-0.2, 0) is 0 Å². The topological polar surface area (TPSA) is 55.2 Å².